The summed E-state index contributed by atoms with van der Waals surface area (Å²) in [7, 11) is 3.48. The van der Waals surface area contributed by atoms with E-state index >= 15 is 4.39 Å². The number of aryl methyl sites for hydroxylation is 1. The van der Waals surface area contributed by atoms with Crippen molar-refractivity contribution in [3.05, 3.63) is 42.0 Å². The van der Waals surface area contributed by atoms with Gasteiger partial charge in [-0.3, -0.25) is 23.9 Å². The molecule has 2 saturated carbocycles. The van der Waals surface area contributed by atoms with E-state index in [-0.39, 0.29) is 30.1 Å². The predicted molar refractivity (Wildman–Crippen MR) is 173 cm³/mol. The van der Waals surface area contributed by atoms with Crippen LogP contribution in [0.15, 0.2) is 30.5 Å². The number of nitrogens with one attached hydrogen (secondary N) is 3. The Hall–Kier alpha value is -4.07. The fourth-order valence-electron chi connectivity index (χ4n) is 6.31. The number of aromatic nitrogens is 2. The minimum absolute atomic E-state index is 0.0879. The van der Waals surface area contributed by atoms with Crippen LogP contribution >= 0.6 is 0 Å². The molecule has 0 radical (unpaired) electrons. The zero-order valence-corrected chi connectivity index (χ0v) is 27.6. The van der Waals surface area contributed by atoms with Crippen LogP contribution in [-0.2, 0) is 20.9 Å². The molecule has 3 aliphatic rings. The van der Waals surface area contributed by atoms with E-state index in [0.717, 1.165) is 31.7 Å². The number of likely N-dealkylation sites (N-methyl/N-ethyl adjacent to an activating group) is 2. The van der Waals surface area contributed by atoms with E-state index in [0.29, 0.717) is 44.3 Å². The lowest BCUT2D eigenvalue weighted by Gasteiger charge is -2.38. The number of hydrogen-bond donors (Lipinski definition) is 3. The summed E-state index contributed by atoms with van der Waals surface area (Å²) in [4.78, 5) is 58.3. The van der Waals surface area contributed by atoms with Crippen molar-refractivity contribution in [2.45, 2.75) is 76.8 Å². The summed E-state index contributed by atoms with van der Waals surface area (Å²) in [5, 5.41) is 12.3. The second kappa shape index (κ2) is 14.4. The number of hydrogen-bond acceptors (Lipinski definition) is 7. The van der Waals surface area contributed by atoms with Crippen LogP contribution in [0.25, 0.3) is 0 Å². The van der Waals surface area contributed by atoms with Gasteiger partial charge in [0.2, 0.25) is 5.91 Å². The van der Waals surface area contributed by atoms with Crippen molar-refractivity contribution in [3.8, 4) is 0 Å². The van der Waals surface area contributed by atoms with Crippen molar-refractivity contribution in [1.29, 1.82) is 0 Å². The molecular formula is C33H46F2N8O4. The van der Waals surface area contributed by atoms with Gasteiger partial charge in [0.05, 0.1) is 5.69 Å². The first-order valence-corrected chi connectivity index (χ1v) is 16.5. The molecule has 4 amide bonds. The van der Waals surface area contributed by atoms with Crippen LogP contribution in [-0.4, -0.2) is 101 Å². The Morgan fingerprint density at radius 2 is 1.72 bits per heavy atom. The number of rotatable bonds is 11. The van der Waals surface area contributed by atoms with E-state index < -0.39 is 47.3 Å². The summed E-state index contributed by atoms with van der Waals surface area (Å²) in [6.07, 6.45) is 3.76. The average Bonchev–Trinajstić information content (AvgIpc) is 3.63. The normalized spacial score (nSPS) is 22.1. The fourth-order valence-corrected chi connectivity index (χ4v) is 6.31. The number of anilines is 2. The summed E-state index contributed by atoms with van der Waals surface area (Å²) in [6, 6.07) is 4.75. The van der Waals surface area contributed by atoms with Crippen LogP contribution < -0.4 is 20.9 Å². The van der Waals surface area contributed by atoms with Gasteiger partial charge in [0.15, 0.2) is 11.8 Å². The highest BCUT2D eigenvalue weighted by molar-refractivity contribution is 6.01. The van der Waals surface area contributed by atoms with E-state index in [1.54, 1.807) is 15.6 Å². The monoisotopic (exact) mass is 656 g/mol. The Labute approximate surface area is 274 Å². The molecular weight excluding hydrogens is 610 g/mol. The molecule has 0 bridgehead atoms. The number of halogens is 2. The van der Waals surface area contributed by atoms with Crippen LogP contribution in [0.4, 0.5) is 20.2 Å². The van der Waals surface area contributed by atoms with E-state index in [1.807, 2.05) is 14.0 Å². The number of amides is 4. The topological polar surface area (TPSA) is 132 Å². The molecule has 47 heavy (non-hydrogen) atoms. The first kappa shape index (κ1) is 34.3. The maximum atomic E-state index is 15.6. The van der Waals surface area contributed by atoms with Gasteiger partial charge in [0.25, 0.3) is 17.7 Å². The third-order valence-corrected chi connectivity index (χ3v) is 9.77. The Morgan fingerprint density at radius 1 is 1.04 bits per heavy atom. The third-order valence-electron chi connectivity index (χ3n) is 9.77. The highest BCUT2D eigenvalue weighted by Gasteiger charge is 2.52. The second-order valence-electron chi connectivity index (χ2n) is 13.2. The number of nitrogens with zero attached hydrogens (tertiary/aromatic N) is 5. The Kier molecular flexibility index (Phi) is 10.5. The smallest absolute Gasteiger partial charge is 0.270 e. The number of carbonyl (C=O) groups excluding carboxylic acids is 4. The van der Waals surface area contributed by atoms with Gasteiger partial charge in [-0.2, -0.15) is 5.10 Å². The molecule has 5 rings (SSSR count). The van der Waals surface area contributed by atoms with Crippen molar-refractivity contribution < 1.29 is 28.0 Å². The largest absolute Gasteiger partial charge is 0.346 e. The molecule has 2 aromatic rings. The van der Waals surface area contributed by atoms with Crippen LogP contribution in [0.5, 0.6) is 0 Å². The summed E-state index contributed by atoms with van der Waals surface area (Å²) >= 11 is 0. The molecule has 2 heterocycles. The fraction of sp³-hybridized carbons (Fsp3) is 0.606. The lowest BCUT2D eigenvalue weighted by molar-refractivity contribution is -0.139. The maximum absolute atomic E-state index is 15.6. The molecule has 1 aliphatic heterocycles. The molecule has 2 aliphatic carbocycles. The molecule has 3 N–H and O–H groups in total. The molecule has 1 aromatic heterocycles. The standard InChI is InChI=1S/C33H46F2N8O4/c1-5-43-26(12-15-36-43)29(44)38-27(22-8-6-21(2)7-9-22)30(45)37-25-11-10-23(20-24(25)34)41(4)28(39-32(47)33(35)13-14-33)31(46)42-18-16-40(3)17-19-42/h10-12,15,20-22,27-28H,5-9,13-14,16-19H2,1-4H3,(H,37,45)(H,38,44)(H,39,47)/t21?,22?,27-,28+/m0/s1. The van der Waals surface area contributed by atoms with Crippen LogP contribution in [0.3, 0.4) is 0 Å². The molecule has 0 unspecified atom stereocenters. The zero-order valence-electron chi connectivity index (χ0n) is 27.6. The SMILES string of the molecule is CCn1nccc1C(=O)N[C@H](C(=O)Nc1ccc(N(C)[C@@H](NC(=O)C2(F)CC2)C(=O)N2CCN(C)CC2)cc1F)C1CCC(C)CC1. The second-order valence-corrected chi connectivity index (χ2v) is 13.2. The highest BCUT2D eigenvalue weighted by Crippen LogP contribution is 2.40. The van der Waals surface area contributed by atoms with Crippen molar-refractivity contribution in [1.82, 2.24) is 30.2 Å². The van der Waals surface area contributed by atoms with Crippen LogP contribution in [0, 0.1) is 17.7 Å². The number of alkyl halides is 1. The molecule has 2 atom stereocenters. The van der Waals surface area contributed by atoms with E-state index in [4.69, 9.17) is 0 Å². The summed E-state index contributed by atoms with van der Waals surface area (Å²) in [6.45, 7) is 6.69. The van der Waals surface area contributed by atoms with Gasteiger partial charge in [0.1, 0.15) is 17.6 Å². The maximum Gasteiger partial charge on any atom is 0.270 e. The average molecular weight is 657 g/mol. The van der Waals surface area contributed by atoms with Gasteiger partial charge in [0, 0.05) is 51.7 Å². The van der Waals surface area contributed by atoms with E-state index in [9.17, 15) is 23.6 Å². The first-order chi connectivity index (χ1) is 22.4. The Bertz CT molecular complexity index is 1460. The van der Waals surface area contributed by atoms with Gasteiger partial charge in [-0.25, -0.2) is 8.78 Å². The molecule has 3 fully saturated rings. The zero-order chi connectivity index (χ0) is 33.9. The molecule has 1 aromatic carbocycles. The van der Waals surface area contributed by atoms with Gasteiger partial charge >= 0.3 is 0 Å². The quantitative estimate of drug-likeness (QED) is 0.317. The summed E-state index contributed by atoms with van der Waals surface area (Å²) < 4.78 is 31.8. The predicted octanol–water partition coefficient (Wildman–Crippen LogP) is 2.76. The lowest BCUT2D eigenvalue weighted by atomic mass is 9.79. The van der Waals surface area contributed by atoms with Crippen molar-refractivity contribution in [2.75, 3.05) is 50.5 Å². The Balaban J connectivity index is 1.33. The van der Waals surface area contributed by atoms with E-state index in [2.05, 4.69) is 32.9 Å². The first-order valence-electron chi connectivity index (χ1n) is 16.5. The lowest BCUT2D eigenvalue weighted by Crippen LogP contribution is -2.60. The molecule has 1 saturated heterocycles. The molecule has 256 valence electrons. The van der Waals surface area contributed by atoms with Gasteiger partial charge in [-0.1, -0.05) is 19.8 Å². The number of carbonyl (C=O) groups is 4. The molecule has 14 heteroatoms. The van der Waals surface area contributed by atoms with Crippen LogP contribution in [0.1, 0.15) is 62.9 Å². The third kappa shape index (κ3) is 7.91. The van der Waals surface area contributed by atoms with Gasteiger partial charge in [-0.15, -0.1) is 0 Å². The molecule has 12 nitrogen and oxygen atoms in total. The van der Waals surface area contributed by atoms with Crippen LogP contribution in [0.2, 0.25) is 0 Å². The summed E-state index contributed by atoms with van der Waals surface area (Å²) in [5.74, 6) is -2.62. The number of piperazine rings is 1. The van der Waals surface area contributed by atoms with Gasteiger partial charge in [-0.05, 0) is 75.8 Å². The van der Waals surface area contributed by atoms with Crippen molar-refractivity contribution in [2.24, 2.45) is 11.8 Å². The molecule has 0 spiro atoms. The summed E-state index contributed by atoms with van der Waals surface area (Å²) in [5.41, 5.74) is -1.52. The highest BCUT2D eigenvalue weighted by atomic mass is 19.1. The minimum atomic E-state index is -2.00. The Morgan fingerprint density at radius 3 is 2.34 bits per heavy atom. The number of benzene rings is 1. The van der Waals surface area contributed by atoms with Crippen molar-refractivity contribution in [3.63, 3.8) is 0 Å². The van der Waals surface area contributed by atoms with Gasteiger partial charge < -0.3 is 30.7 Å². The minimum Gasteiger partial charge on any atom is -0.346 e. The van der Waals surface area contributed by atoms with E-state index in [1.165, 1.54) is 30.3 Å². The van der Waals surface area contributed by atoms with Crippen molar-refractivity contribution >= 4 is 35.0 Å².